The summed E-state index contributed by atoms with van der Waals surface area (Å²) in [5, 5.41) is 2.79. The van der Waals surface area contributed by atoms with Crippen molar-refractivity contribution in [3.63, 3.8) is 0 Å². The van der Waals surface area contributed by atoms with Crippen molar-refractivity contribution in [3.8, 4) is 11.5 Å². The molecular formula is C21H26N2O4. The van der Waals surface area contributed by atoms with Crippen LogP contribution < -0.4 is 14.8 Å². The van der Waals surface area contributed by atoms with Crippen molar-refractivity contribution in [2.24, 2.45) is 0 Å². The van der Waals surface area contributed by atoms with Gasteiger partial charge in [-0.05, 0) is 45.0 Å². The number of aryl methyl sites for hydroxylation is 1. The molecule has 0 radical (unpaired) electrons. The number of likely N-dealkylation sites (N-methyl/N-ethyl adjacent to an activating group) is 1. The number of nitrogens with one attached hydrogen (secondary N) is 1. The maximum Gasteiger partial charge on any atom is 0.254 e. The van der Waals surface area contributed by atoms with Crippen LogP contribution >= 0.6 is 0 Å². The highest BCUT2D eigenvalue weighted by Crippen LogP contribution is 2.30. The smallest absolute Gasteiger partial charge is 0.254 e. The fraction of sp³-hybridized carbons (Fsp3) is 0.333. The summed E-state index contributed by atoms with van der Waals surface area (Å²) >= 11 is 0. The first-order valence-electron chi connectivity index (χ1n) is 8.96. The first-order valence-corrected chi connectivity index (χ1v) is 8.96. The van der Waals surface area contributed by atoms with Crippen molar-refractivity contribution in [1.82, 2.24) is 4.90 Å². The van der Waals surface area contributed by atoms with Gasteiger partial charge in [-0.2, -0.15) is 0 Å². The molecule has 2 aromatic rings. The third kappa shape index (κ3) is 5.74. The number of benzene rings is 2. The third-order valence-electron chi connectivity index (χ3n) is 3.82. The van der Waals surface area contributed by atoms with E-state index in [1.165, 1.54) is 4.90 Å². The molecule has 6 heteroatoms. The van der Waals surface area contributed by atoms with Gasteiger partial charge in [0.25, 0.3) is 5.91 Å². The second-order valence-electron chi connectivity index (χ2n) is 6.11. The van der Waals surface area contributed by atoms with E-state index in [2.05, 4.69) is 5.32 Å². The Kier molecular flexibility index (Phi) is 7.23. The average molecular weight is 370 g/mol. The number of hydrogen-bond acceptors (Lipinski definition) is 4. The van der Waals surface area contributed by atoms with E-state index in [0.29, 0.717) is 36.0 Å². The Balaban J connectivity index is 2.02. The fourth-order valence-electron chi connectivity index (χ4n) is 2.62. The largest absolute Gasteiger partial charge is 0.490 e. The molecule has 0 spiro atoms. The van der Waals surface area contributed by atoms with Gasteiger partial charge >= 0.3 is 0 Å². The Hall–Kier alpha value is -3.02. The Morgan fingerprint density at radius 3 is 2.37 bits per heavy atom. The number of hydrogen-bond donors (Lipinski definition) is 1. The predicted octanol–water partition coefficient (Wildman–Crippen LogP) is 3.50. The molecule has 2 amide bonds. The first-order chi connectivity index (χ1) is 12.9. The van der Waals surface area contributed by atoms with Crippen molar-refractivity contribution < 1.29 is 19.1 Å². The number of amides is 2. The standard InChI is InChI=1S/C21H26N2O4/c1-5-26-18-11-10-17(13-19(18)27-6-2)22-20(24)14-23(4)21(25)16-9-7-8-15(3)12-16/h7-13H,5-6,14H2,1-4H3,(H,22,24). The molecule has 0 bridgehead atoms. The zero-order valence-electron chi connectivity index (χ0n) is 16.2. The molecule has 0 aliphatic heterocycles. The van der Waals surface area contributed by atoms with E-state index in [9.17, 15) is 9.59 Å². The highest BCUT2D eigenvalue weighted by atomic mass is 16.5. The lowest BCUT2D eigenvalue weighted by atomic mass is 10.1. The normalized spacial score (nSPS) is 10.2. The summed E-state index contributed by atoms with van der Waals surface area (Å²) in [4.78, 5) is 26.2. The quantitative estimate of drug-likeness (QED) is 0.772. The summed E-state index contributed by atoms with van der Waals surface area (Å²) in [6, 6.07) is 12.5. The number of carbonyl (C=O) groups is 2. The monoisotopic (exact) mass is 370 g/mol. The lowest BCUT2D eigenvalue weighted by Crippen LogP contribution is -2.34. The summed E-state index contributed by atoms with van der Waals surface area (Å²) in [5.41, 5.74) is 2.14. The highest BCUT2D eigenvalue weighted by Gasteiger charge is 2.16. The maximum absolute atomic E-state index is 12.5. The maximum atomic E-state index is 12.5. The Morgan fingerprint density at radius 1 is 1.00 bits per heavy atom. The van der Waals surface area contributed by atoms with Crippen molar-refractivity contribution >= 4 is 17.5 Å². The van der Waals surface area contributed by atoms with Crippen molar-refractivity contribution in [1.29, 1.82) is 0 Å². The van der Waals surface area contributed by atoms with Crippen molar-refractivity contribution in [2.75, 3.05) is 32.1 Å². The minimum atomic E-state index is -0.287. The Bertz CT molecular complexity index is 805. The molecule has 0 unspecified atom stereocenters. The molecular weight excluding hydrogens is 344 g/mol. The molecule has 0 atom stereocenters. The van der Waals surface area contributed by atoms with Crippen molar-refractivity contribution in [3.05, 3.63) is 53.6 Å². The van der Waals surface area contributed by atoms with E-state index < -0.39 is 0 Å². The SMILES string of the molecule is CCOc1ccc(NC(=O)CN(C)C(=O)c2cccc(C)c2)cc1OCC. The van der Waals surface area contributed by atoms with Crippen molar-refractivity contribution in [2.45, 2.75) is 20.8 Å². The number of carbonyl (C=O) groups excluding carboxylic acids is 2. The van der Waals surface area contributed by atoms with Gasteiger partial charge in [0, 0.05) is 24.4 Å². The summed E-state index contributed by atoms with van der Waals surface area (Å²) in [7, 11) is 1.61. The molecule has 6 nitrogen and oxygen atoms in total. The topological polar surface area (TPSA) is 67.9 Å². The molecule has 144 valence electrons. The second kappa shape index (κ2) is 9.62. The molecule has 1 N–H and O–H groups in total. The molecule has 0 fully saturated rings. The first kappa shape index (κ1) is 20.3. The van der Waals surface area contributed by atoms with Crippen LogP contribution in [0.2, 0.25) is 0 Å². The van der Waals surface area contributed by atoms with E-state index >= 15 is 0 Å². The highest BCUT2D eigenvalue weighted by molar-refractivity contribution is 5.99. The van der Waals surface area contributed by atoms with Crippen LogP contribution in [0.3, 0.4) is 0 Å². The number of nitrogens with zero attached hydrogens (tertiary/aromatic N) is 1. The van der Waals surface area contributed by atoms with Gasteiger partial charge in [0.15, 0.2) is 11.5 Å². The number of rotatable bonds is 8. The van der Waals surface area contributed by atoms with E-state index in [0.717, 1.165) is 5.56 Å². The van der Waals surface area contributed by atoms with Gasteiger partial charge in [-0.15, -0.1) is 0 Å². The van der Waals surface area contributed by atoms with Gasteiger partial charge in [0.1, 0.15) is 0 Å². The van der Waals surface area contributed by atoms with E-state index in [1.54, 1.807) is 37.4 Å². The Labute approximate surface area is 160 Å². The molecule has 0 aliphatic carbocycles. The van der Waals surface area contributed by atoms with E-state index in [1.807, 2.05) is 32.9 Å². The molecule has 0 saturated heterocycles. The average Bonchev–Trinajstić information content (AvgIpc) is 2.63. The molecule has 0 heterocycles. The summed E-state index contributed by atoms with van der Waals surface area (Å²) in [6.45, 7) is 6.66. The molecule has 0 saturated carbocycles. The van der Waals surface area contributed by atoms with Gasteiger partial charge < -0.3 is 19.7 Å². The van der Waals surface area contributed by atoms with Crippen LogP contribution in [-0.2, 0) is 4.79 Å². The molecule has 0 aromatic heterocycles. The third-order valence-corrected chi connectivity index (χ3v) is 3.82. The minimum Gasteiger partial charge on any atom is -0.490 e. The van der Waals surface area contributed by atoms with Gasteiger partial charge in [-0.25, -0.2) is 0 Å². The molecule has 0 aliphatic rings. The second-order valence-corrected chi connectivity index (χ2v) is 6.11. The van der Waals surface area contributed by atoms with Gasteiger partial charge in [0.05, 0.1) is 19.8 Å². The van der Waals surface area contributed by atoms with Crippen LogP contribution in [0.25, 0.3) is 0 Å². The van der Waals surface area contributed by atoms with E-state index in [4.69, 9.17) is 9.47 Å². The lowest BCUT2D eigenvalue weighted by Gasteiger charge is -2.18. The van der Waals surface area contributed by atoms with Gasteiger partial charge in [-0.1, -0.05) is 17.7 Å². The lowest BCUT2D eigenvalue weighted by molar-refractivity contribution is -0.116. The molecule has 2 aromatic carbocycles. The summed E-state index contributed by atoms with van der Waals surface area (Å²) < 4.78 is 11.1. The molecule has 2 rings (SSSR count). The number of ether oxygens (including phenoxy) is 2. The Morgan fingerprint density at radius 2 is 1.70 bits per heavy atom. The van der Waals surface area contributed by atoms with E-state index in [-0.39, 0.29) is 18.4 Å². The van der Waals surface area contributed by atoms with Gasteiger partial charge in [-0.3, -0.25) is 9.59 Å². The van der Waals surface area contributed by atoms with Gasteiger partial charge in [0.2, 0.25) is 5.91 Å². The minimum absolute atomic E-state index is 0.0516. The van der Waals surface area contributed by atoms with Crippen LogP contribution in [0, 0.1) is 6.92 Å². The van der Waals surface area contributed by atoms with Crippen LogP contribution in [0.5, 0.6) is 11.5 Å². The summed E-state index contributed by atoms with van der Waals surface area (Å²) in [5.74, 6) is 0.714. The zero-order chi connectivity index (χ0) is 19.8. The van der Waals surface area contributed by atoms with Crippen LogP contribution in [0.1, 0.15) is 29.8 Å². The predicted molar refractivity (Wildman–Crippen MR) is 106 cm³/mol. The zero-order valence-corrected chi connectivity index (χ0v) is 16.2. The number of anilines is 1. The van der Waals surface area contributed by atoms with Crippen LogP contribution in [-0.4, -0.2) is 43.5 Å². The van der Waals surface area contributed by atoms with Crippen LogP contribution in [0.4, 0.5) is 5.69 Å². The fourth-order valence-corrected chi connectivity index (χ4v) is 2.62. The van der Waals surface area contributed by atoms with Crippen LogP contribution in [0.15, 0.2) is 42.5 Å². The molecule has 27 heavy (non-hydrogen) atoms. The summed E-state index contributed by atoms with van der Waals surface area (Å²) in [6.07, 6.45) is 0.